The summed E-state index contributed by atoms with van der Waals surface area (Å²) in [6.45, 7) is 2.47. The van der Waals surface area contributed by atoms with Gasteiger partial charge in [0.2, 0.25) is 0 Å². The molecule has 3 rings (SSSR count). The monoisotopic (exact) mass is 250 g/mol. The van der Waals surface area contributed by atoms with Crippen LogP contribution < -0.4 is 0 Å². The van der Waals surface area contributed by atoms with Crippen LogP contribution >= 0.6 is 0 Å². The largest absolute Gasteiger partial charge is 0.357 e. The maximum atomic E-state index is 12.5. The Hall–Kier alpha value is -1.42. The summed E-state index contributed by atoms with van der Waals surface area (Å²) < 4.78 is 25.0. The van der Waals surface area contributed by atoms with E-state index >= 15 is 0 Å². The molecule has 0 fully saturated rings. The highest BCUT2D eigenvalue weighted by Crippen LogP contribution is 2.30. The number of para-hydroxylation sites is 1. The van der Waals surface area contributed by atoms with E-state index < -0.39 is 6.43 Å². The molecule has 0 saturated heterocycles. The smallest absolute Gasteiger partial charge is 0.251 e. The predicted molar refractivity (Wildman–Crippen MR) is 67.9 cm³/mol. The van der Waals surface area contributed by atoms with Crippen molar-refractivity contribution in [2.75, 3.05) is 6.54 Å². The summed E-state index contributed by atoms with van der Waals surface area (Å²) >= 11 is 0. The number of H-pyrrole nitrogens is 1. The Labute approximate surface area is 105 Å². The maximum Gasteiger partial charge on any atom is 0.251 e. The second-order valence-electron chi connectivity index (χ2n) is 5.00. The zero-order chi connectivity index (χ0) is 12.7. The van der Waals surface area contributed by atoms with Crippen molar-refractivity contribution in [2.24, 2.45) is 0 Å². The second-order valence-corrected chi connectivity index (χ2v) is 5.00. The molecule has 2 heterocycles. The minimum Gasteiger partial charge on any atom is -0.357 e. The van der Waals surface area contributed by atoms with Crippen molar-refractivity contribution in [1.82, 2.24) is 9.88 Å². The van der Waals surface area contributed by atoms with Crippen LogP contribution in [0.1, 0.15) is 18.2 Å². The van der Waals surface area contributed by atoms with Crippen molar-refractivity contribution in [3.05, 3.63) is 35.5 Å². The summed E-state index contributed by atoms with van der Waals surface area (Å²) in [6.07, 6.45) is -1.43. The van der Waals surface area contributed by atoms with Gasteiger partial charge in [0.05, 0.1) is 6.54 Å². The molecule has 1 unspecified atom stereocenters. The van der Waals surface area contributed by atoms with Crippen LogP contribution in [0.2, 0.25) is 0 Å². The summed E-state index contributed by atoms with van der Waals surface area (Å²) in [7, 11) is 0. The van der Waals surface area contributed by atoms with Crippen LogP contribution in [0.25, 0.3) is 10.9 Å². The van der Waals surface area contributed by atoms with Crippen LogP contribution in [0, 0.1) is 0 Å². The molecule has 1 aromatic heterocycles. The van der Waals surface area contributed by atoms with E-state index in [2.05, 4.69) is 11.1 Å². The molecule has 4 heteroatoms. The number of nitrogens with zero attached hydrogens (tertiary/aromatic N) is 1. The van der Waals surface area contributed by atoms with E-state index in [1.807, 2.05) is 30.0 Å². The number of hydrogen-bond acceptors (Lipinski definition) is 1. The third kappa shape index (κ3) is 1.90. The predicted octanol–water partition coefficient (Wildman–Crippen LogP) is 3.18. The molecular formula is C14H16F2N2. The van der Waals surface area contributed by atoms with Crippen molar-refractivity contribution < 1.29 is 8.78 Å². The molecule has 0 saturated carbocycles. The molecule has 2 aromatic rings. The summed E-state index contributed by atoms with van der Waals surface area (Å²) in [4.78, 5) is 5.20. The van der Waals surface area contributed by atoms with Gasteiger partial charge in [-0.05, 0) is 25.0 Å². The fourth-order valence-electron chi connectivity index (χ4n) is 2.83. The van der Waals surface area contributed by atoms with Crippen molar-refractivity contribution in [3.63, 3.8) is 0 Å². The number of aromatic amines is 1. The highest BCUT2D eigenvalue weighted by atomic mass is 19.3. The van der Waals surface area contributed by atoms with Gasteiger partial charge < -0.3 is 4.98 Å². The standard InChI is InChI=1S/C14H16F2N2/c1-9-6-11-10-4-2-3-5-12(10)17-13(11)7-18(9)8-14(15)16/h2-5,9,14,17H,6-8H2,1H3. The number of alkyl halides is 2. The molecule has 0 aliphatic carbocycles. The molecule has 1 aliphatic rings. The van der Waals surface area contributed by atoms with E-state index in [0.717, 1.165) is 17.6 Å². The quantitative estimate of drug-likeness (QED) is 0.867. The van der Waals surface area contributed by atoms with Crippen molar-refractivity contribution >= 4 is 10.9 Å². The normalized spacial score (nSPS) is 20.6. The first-order valence-electron chi connectivity index (χ1n) is 6.26. The van der Waals surface area contributed by atoms with Gasteiger partial charge >= 0.3 is 0 Å². The number of aromatic nitrogens is 1. The lowest BCUT2D eigenvalue weighted by Gasteiger charge is -2.33. The third-order valence-corrected chi connectivity index (χ3v) is 3.76. The summed E-state index contributed by atoms with van der Waals surface area (Å²) in [5.74, 6) is 0. The Bertz CT molecular complexity index is 562. The summed E-state index contributed by atoms with van der Waals surface area (Å²) in [5, 5.41) is 1.23. The molecule has 1 aliphatic heterocycles. The van der Waals surface area contributed by atoms with E-state index in [1.54, 1.807) is 0 Å². The SMILES string of the molecule is CC1Cc2c([nH]c3ccccc23)CN1CC(F)F. The lowest BCUT2D eigenvalue weighted by atomic mass is 9.98. The van der Waals surface area contributed by atoms with E-state index in [4.69, 9.17) is 0 Å². The molecule has 2 nitrogen and oxygen atoms in total. The van der Waals surface area contributed by atoms with E-state index in [9.17, 15) is 8.78 Å². The second kappa shape index (κ2) is 4.35. The Morgan fingerprint density at radius 3 is 2.94 bits per heavy atom. The van der Waals surface area contributed by atoms with E-state index in [0.29, 0.717) is 6.54 Å². The van der Waals surface area contributed by atoms with Crippen molar-refractivity contribution in [2.45, 2.75) is 32.4 Å². The highest BCUT2D eigenvalue weighted by Gasteiger charge is 2.27. The number of nitrogens with one attached hydrogen (secondary N) is 1. The zero-order valence-corrected chi connectivity index (χ0v) is 10.3. The zero-order valence-electron chi connectivity index (χ0n) is 10.3. The first-order chi connectivity index (χ1) is 8.65. The molecular weight excluding hydrogens is 234 g/mol. The first-order valence-corrected chi connectivity index (χ1v) is 6.26. The molecule has 1 aromatic carbocycles. The van der Waals surface area contributed by atoms with Crippen LogP contribution in [0.5, 0.6) is 0 Å². The fraction of sp³-hybridized carbons (Fsp3) is 0.429. The Kier molecular flexibility index (Phi) is 2.82. The van der Waals surface area contributed by atoms with Crippen LogP contribution in [-0.2, 0) is 13.0 Å². The molecule has 0 radical (unpaired) electrons. The Morgan fingerprint density at radius 1 is 1.39 bits per heavy atom. The lowest BCUT2D eigenvalue weighted by Crippen LogP contribution is -2.40. The first kappa shape index (κ1) is 11.7. The van der Waals surface area contributed by atoms with E-state index in [1.165, 1.54) is 10.9 Å². The molecule has 1 N–H and O–H groups in total. The Morgan fingerprint density at radius 2 is 2.17 bits per heavy atom. The van der Waals surface area contributed by atoms with Gasteiger partial charge in [-0.25, -0.2) is 8.78 Å². The van der Waals surface area contributed by atoms with Gasteiger partial charge in [0, 0.05) is 29.2 Å². The molecule has 1 atom stereocenters. The van der Waals surface area contributed by atoms with Gasteiger partial charge in [-0.1, -0.05) is 18.2 Å². The molecule has 0 spiro atoms. The van der Waals surface area contributed by atoms with Gasteiger partial charge in [0.1, 0.15) is 0 Å². The number of rotatable bonds is 2. The van der Waals surface area contributed by atoms with Gasteiger partial charge in [-0.3, -0.25) is 4.90 Å². The van der Waals surface area contributed by atoms with Gasteiger partial charge in [0.25, 0.3) is 6.43 Å². The number of benzene rings is 1. The van der Waals surface area contributed by atoms with Crippen LogP contribution in [-0.4, -0.2) is 28.9 Å². The maximum absolute atomic E-state index is 12.5. The van der Waals surface area contributed by atoms with Crippen LogP contribution in [0.3, 0.4) is 0 Å². The average Bonchev–Trinajstić information content (AvgIpc) is 2.67. The van der Waals surface area contributed by atoms with Gasteiger partial charge in [-0.2, -0.15) is 0 Å². The summed E-state index contributed by atoms with van der Waals surface area (Å²) in [6, 6.07) is 8.32. The fourth-order valence-corrected chi connectivity index (χ4v) is 2.83. The van der Waals surface area contributed by atoms with E-state index in [-0.39, 0.29) is 12.6 Å². The minimum atomic E-state index is -2.27. The Balaban J connectivity index is 1.97. The lowest BCUT2D eigenvalue weighted by molar-refractivity contribution is 0.0597. The van der Waals surface area contributed by atoms with Crippen molar-refractivity contribution in [1.29, 1.82) is 0 Å². The molecule has 18 heavy (non-hydrogen) atoms. The average molecular weight is 250 g/mol. The van der Waals surface area contributed by atoms with Gasteiger partial charge in [0.15, 0.2) is 0 Å². The highest BCUT2D eigenvalue weighted by molar-refractivity contribution is 5.84. The van der Waals surface area contributed by atoms with Crippen LogP contribution in [0.15, 0.2) is 24.3 Å². The minimum absolute atomic E-state index is 0.143. The molecule has 0 bridgehead atoms. The van der Waals surface area contributed by atoms with Crippen LogP contribution in [0.4, 0.5) is 8.78 Å². The van der Waals surface area contributed by atoms with Crippen molar-refractivity contribution in [3.8, 4) is 0 Å². The molecule has 96 valence electrons. The number of halogens is 2. The number of hydrogen-bond donors (Lipinski definition) is 1. The topological polar surface area (TPSA) is 19.0 Å². The summed E-state index contributed by atoms with van der Waals surface area (Å²) in [5.41, 5.74) is 3.49. The third-order valence-electron chi connectivity index (χ3n) is 3.76. The number of fused-ring (bicyclic) bond motifs is 3. The molecule has 0 amide bonds. The van der Waals surface area contributed by atoms with Gasteiger partial charge in [-0.15, -0.1) is 0 Å².